The molecule has 6 heteroatoms. The standard InChI is InChI=1S/C17H30N6/c1-6-9-23-10-7-15(8-11-23)20-17(18-4)19-12-16-13(2)21-22(5)14(16)3/h6,15H,1,7-12H2,2-5H3,(H2,18,19,20). The van der Waals surface area contributed by atoms with E-state index in [4.69, 9.17) is 0 Å². The second-order valence-corrected chi connectivity index (χ2v) is 6.21. The lowest BCUT2D eigenvalue weighted by Gasteiger charge is -2.32. The Balaban J connectivity index is 1.83. The summed E-state index contributed by atoms with van der Waals surface area (Å²) in [5.41, 5.74) is 3.52. The maximum Gasteiger partial charge on any atom is 0.191 e. The number of nitrogens with zero attached hydrogens (tertiary/aromatic N) is 4. The normalized spacial score (nSPS) is 17.3. The van der Waals surface area contributed by atoms with E-state index in [9.17, 15) is 0 Å². The second-order valence-electron chi connectivity index (χ2n) is 6.21. The molecule has 1 fully saturated rings. The van der Waals surface area contributed by atoms with Crippen molar-refractivity contribution < 1.29 is 0 Å². The molecule has 2 heterocycles. The monoisotopic (exact) mass is 318 g/mol. The molecule has 0 unspecified atom stereocenters. The van der Waals surface area contributed by atoms with Gasteiger partial charge in [0.05, 0.1) is 5.69 Å². The van der Waals surface area contributed by atoms with Crippen molar-refractivity contribution in [2.24, 2.45) is 12.0 Å². The van der Waals surface area contributed by atoms with Crippen LogP contribution in [0, 0.1) is 13.8 Å². The van der Waals surface area contributed by atoms with E-state index >= 15 is 0 Å². The van der Waals surface area contributed by atoms with Crippen LogP contribution in [-0.4, -0.2) is 53.4 Å². The third-order valence-electron chi connectivity index (χ3n) is 4.63. The summed E-state index contributed by atoms with van der Waals surface area (Å²) in [4.78, 5) is 6.79. The van der Waals surface area contributed by atoms with E-state index in [2.05, 4.69) is 46.1 Å². The van der Waals surface area contributed by atoms with Gasteiger partial charge in [-0.3, -0.25) is 14.6 Å². The molecule has 0 atom stereocenters. The average molecular weight is 318 g/mol. The Bertz CT molecular complexity index is 552. The van der Waals surface area contributed by atoms with Crippen LogP contribution in [0.2, 0.25) is 0 Å². The van der Waals surface area contributed by atoms with Gasteiger partial charge in [0.1, 0.15) is 0 Å². The molecule has 0 spiro atoms. The summed E-state index contributed by atoms with van der Waals surface area (Å²) in [6.45, 7) is 11.9. The highest BCUT2D eigenvalue weighted by atomic mass is 15.3. The van der Waals surface area contributed by atoms with Crippen molar-refractivity contribution >= 4 is 5.96 Å². The zero-order valence-corrected chi connectivity index (χ0v) is 14.9. The topological polar surface area (TPSA) is 57.5 Å². The van der Waals surface area contributed by atoms with Crippen LogP contribution in [0.4, 0.5) is 0 Å². The number of hydrogen-bond acceptors (Lipinski definition) is 3. The zero-order chi connectivity index (χ0) is 16.8. The first-order valence-electron chi connectivity index (χ1n) is 8.34. The van der Waals surface area contributed by atoms with Gasteiger partial charge in [0.15, 0.2) is 5.96 Å². The van der Waals surface area contributed by atoms with Crippen LogP contribution < -0.4 is 10.6 Å². The highest BCUT2D eigenvalue weighted by Crippen LogP contribution is 2.12. The Hall–Kier alpha value is -1.82. The van der Waals surface area contributed by atoms with Gasteiger partial charge in [0.2, 0.25) is 0 Å². The minimum atomic E-state index is 0.485. The first-order valence-corrected chi connectivity index (χ1v) is 8.34. The molecule has 1 aromatic heterocycles. The number of guanidine groups is 1. The van der Waals surface area contributed by atoms with Crippen molar-refractivity contribution in [1.29, 1.82) is 0 Å². The van der Waals surface area contributed by atoms with Crippen molar-refractivity contribution in [1.82, 2.24) is 25.3 Å². The molecule has 1 aliphatic heterocycles. The summed E-state index contributed by atoms with van der Waals surface area (Å²) in [7, 11) is 3.81. The van der Waals surface area contributed by atoms with E-state index in [0.29, 0.717) is 6.04 Å². The molecule has 1 aliphatic rings. The smallest absolute Gasteiger partial charge is 0.191 e. The van der Waals surface area contributed by atoms with E-state index in [1.54, 1.807) is 0 Å². The SMILES string of the molecule is C=CCN1CCC(NC(=NC)NCc2c(C)nn(C)c2C)CC1. The van der Waals surface area contributed by atoms with Gasteiger partial charge in [-0.25, -0.2) is 0 Å². The van der Waals surface area contributed by atoms with E-state index in [1.807, 2.05) is 24.9 Å². The highest BCUT2D eigenvalue weighted by molar-refractivity contribution is 5.80. The quantitative estimate of drug-likeness (QED) is 0.489. The Labute approximate surface area is 139 Å². The average Bonchev–Trinajstić information content (AvgIpc) is 2.78. The first-order chi connectivity index (χ1) is 11.0. The van der Waals surface area contributed by atoms with Gasteiger partial charge in [-0.1, -0.05) is 6.08 Å². The number of likely N-dealkylation sites (tertiary alicyclic amines) is 1. The van der Waals surface area contributed by atoms with Crippen molar-refractivity contribution in [2.75, 3.05) is 26.7 Å². The molecule has 2 rings (SSSR count). The van der Waals surface area contributed by atoms with Crippen LogP contribution in [0.1, 0.15) is 29.8 Å². The fourth-order valence-electron chi connectivity index (χ4n) is 3.08. The molecular weight excluding hydrogens is 288 g/mol. The Morgan fingerprint density at radius 1 is 1.39 bits per heavy atom. The van der Waals surface area contributed by atoms with Gasteiger partial charge in [-0.05, 0) is 26.7 Å². The Morgan fingerprint density at radius 3 is 2.61 bits per heavy atom. The summed E-state index contributed by atoms with van der Waals surface area (Å²) < 4.78 is 1.93. The number of rotatable bonds is 5. The predicted octanol–water partition coefficient (Wildman–Crippen LogP) is 1.35. The molecule has 0 radical (unpaired) electrons. The number of piperidine rings is 1. The Morgan fingerprint density at radius 2 is 2.09 bits per heavy atom. The summed E-state index contributed by atoms with van der Waals surface area (Å²) >= 11 is 0. The van der Waals surface area contributed by atoms with Crippen LogP contribution in [0.25, 0.3) is 0 Å². The lowest BCUT2D eigenvalue weighted by Crippen LogP contribution is -2.48. The number of nitrogens with one attached hydrogen (secondary N) is 2. The Kier molecular flexibility index (Phi) is 6.21. The van der Waals surface area contributed by atoms with Gasteiger partial charge in [0.25, 0.3) is 0 Å². The number of aryl methyl sites for hydroxylation is 2. The van der Waals surface area contributed by atoms with Crippen molar-refractivity contribution in [2.45, 2.75) is 39.3 Å². The fourth-order valence-corrected chi connectivity index (χ4v) is 3.08. The largest absolute Gasteiger partial charge is 0.354 e. The van der Waals surface area contributed by atoms with Gasteiger partial charge in [0, 0.05) is 57.6 Å². The van der Waals surface area contributed by atoms with Crippen LogP contribution in [0.5, 0.6) is 0 Å². The fraction of sp³-hybridized carbons (Fsp3) is 0.647. The molecule has 0 aliphatic carbocycles. The molecule has 1 saturated heterocycles. The molecule has 0 amide bonds. The number of aromatic nitrogens is 2. The molecule has 0 aromatic carbocycles. The molecule has 2 N–H and O–H groups in total. The van der Waals surface area contributed by atoms with Crippen molar-refractivity contribution in [3.8, 4) is 0 Å². The van der Waals surface area contributed by atoms with Crippen molar-refractivity contribution in [3.05, 3.63) is 29.6 Å². The summed E-state index contributed by atoms with van der Waals surface area (Å²) in [6, 6.07) is 0.485. The minimum Gasteiger partial charge on any atom is -0.354 e. The number of aliphatic imine (C=N–C) groups is 1. The highest BCUT2D eigenvalue weighted by Gasteiger charge is 2.19. The maximum atomic E-state index is 4.46. The molecule has 0 saturated carbocycles. The van der Waals surface area contributed by atoms with Gasteiger partial charge < -0.3 is 10.6 Å². The molecule has 1 aromatic rings. The molecule has 23 heavy (non-hydrogen) atoms. The molecule has 6 nitrogen and oxygen atoms in total. The van der Waals surface area contributed by atoms with Crippen LogP contribution in [0.15, 0.2) is 17.6 Å². The molecule has 0 bridgehead atoms. The third kappa shape index (κ3) is 4.58. The zero-order valence-electron chi connectivity index (χ0n) is 14.9. The lowest BCUT2D eigenvalue weighted by atomic mass is 10.1. The van der Waals surface area contributed by atoms with Gasteiger partial charge in [-0.15, -0.1) is 6.58 Å². The van der Waals surface area contributed by atoms with Gasteiger partial charge in [-0.2, -0.15) is 5.10 Å². The van der Waals surface area contributed by atoms with E-state index in [1.165, 1.54) is 11.3 Å². The van der Waals surface area contributed by atoms with E-state index < -0.39 is 0 Å². The summed E-state index contributed by atoms with van der Waals surface area (Å²) in [5.74, 6) is 0.870. The predicted molar refractivity (Wildman–Crippen MR) is 95.7 cm³/mol. The van der Waals surface area contributed by atoms with E-state index in [0.717, 1.165) is 50.7 Å². The first kappa shape index (κ1) is 17.5. The van der Waals surface area contributed by atoms with Crippen LogP contribution in [-0.2, 0) is 13.6 Å². The molecular formula is C17H30N6. The summed E-state index contributed by atoms with van der Waals surface area (Å²) in [6.07, 6.45) is 4.26. The molecule has 128 valence electrons. The van der Waals surface area contributed by atoms with E-state index in [-0.39, 0.29) is 0 Å². The minimum absolute atomic E-state index is 0.485. The van der Waals surface area contributed by atoms with Crippen molar-refractivity contribution in [3.63, 3.8) is 0 Å². The van der Waals surface area contributed by atoms with Crippen LogP contribution >= 0.6 is 0 Å². The second kappa shape index (κ2) is 8.15. The van der Waals surface area contributed by atoms with Gasteiger partial charge >= 0.3 is 0 Å². The third-order valence-corrected chi connectivity index (χ3v) is 4.63. The summed E-state index contributed by atoms with van der Waals surface area (Å²) in [5, 5.41) is 11.4. The van der Waals surface area contributed by atoms with Crippen LogP contribution in [0.3, 0.4) is 0 Å². The number of hydrogen-bond donors (Lipinski definition) is 2. The lowest BCUT2D eigenvalue weighted by molar-refractivity contribution is 0.225. The maximum absolute atomic E-state index is 4.46.